The fraction of sp³-hybridized carbons (Fsp3) is 0.273. The summed E-state index contributed by atoms with van der Waals surface area (Å²) >= 11 is 0. The van der Waals surface area contributed by atoms with Gasteiger partial charge in [-0.15, -0.1) is 0 Å². The van der Waals surface area contributed by atoms with Crippen molar-refractivity contribution in [2.75, 3.05) is 0 Å². The summed E-state index contributed by atoms with van der Waals surface area (Å²) in [4.78, 5) is 35.4. The molecule has 30 heavy (non-hydrogen) atoms. The van der Waals surface area contributed by atoms with Gasteiger partial charge < -0.3 is 9.84 Å². The van der Waals surface area contributed by atoms with Crippen molar-refractivity contribution in [3.8, 4) is 23.2 Å². The van der Waals surface area contributed by atoms with Crippen molar-refractivity contribution >= 4 is 0 Å². The second-order valence-electron chi connectivity index (χ2n) is 6.92. The molecule has 152 valence electrons. The Balaban J connectivity index is 1.65. The molecule has 0 bridgehead atoms. The summed E-state index contributed by atoms with van der Waals surface area (Å²) < 4.78 is 7.00. The molecule has 0 spiro atoms. The molecule has 1 saturated heterocycles. The molecule has 0 amide bonds. The third-order valence-electron chi connectivity index (χ3n) is 4.89. The minimum absolute atomic E-state index is 0.109. The molecule has 3 aromatic heterocycles. The smallest absolute Gasteiger partial charge is 0.330 e. The van der Waals surface area contributed by atoms with E-state index in [4.69, 9.17) is 4.74 Å². The van der Waals surface area contributed by atoms with Crippen LogP contribution < -0.4 is 11.2 Å². The van der Waals surface area contributed by atoms with Gasteiger partial charge in [0.1, 0.15) is 17.5 Å². The Morgan fingerprint density at radius 2 is 2.03 bits per heavy atom. The first-order chi connectivity index (χ1) is 14.5. The van der Waals surface area contributed by atoms with Gasteiger partial charge in [-0.2, -0.15) is 0 Å². The molecule has 3 atom stereocenters. The van der Waals surface area contributed by atoms with Gasteiger partial charge in [0, 0.05) is 18.8 Å². The Kier molecular flexibility index (Phi) is 5.57. The van der Waals surface area contributed by atoms with Gasteiger partial charge in [-0.3, -0.25) is 19.3 Å². The molecule has 4 heterocycles. The van der Waals surface area contributed by atoms with Gasteiger partial charge in [0.15, 0.2) is 0 Å². The Morgan fingerprint density at radius 1 is 1.20 bits per heavy atom. The van der Waals surface area contributed by atoms with E-state index in [0.717, 1.165) is 5.69 Å². The SMILES string of the molecule is CC[C@H]1O[C@@H](n2cc(C#Cc3cccc(-c4ccccn4)n3)c(=O)[nH]c2=O)CC1O. The summed E-state index contributed by atoms with van der Waals surface area (Å²) in [5.41, 5.74) is 0.770. The van der Waals surface area contributed by atoms with E-state index >= 15 is 0 Å². The van der Waals surface area contributed by atoms with E-state index < -0.39 is 23.6 Å². The number of hydrogen-bond donors (Lipinski definition) is 2. The zero-order valence-corrected chi connectivity index (χ0v) is 16.3. The molecule has 8 nitrogen and oxygen atoms in total. The van der Waals surface area contributed by atoms with E-state index in [1.807, 2.05) is 37.3 Å². The van der Waals surface area contributed by atoms with Crippen molar-refractivity contribution in [2.24, 2.45) is 0 Å². The van der Waals surface area contributed by atoms with Crippen LogP contribution in [-0.4, -0.2) is 36.8 Å². The van der Waals surface area contributed by atoms with Crippen LogP contribution in [-0.2, 0) is 4.74 Å². The maximum absolute atomic E-state index is 12.2. The third kappa shape index (κ3) is 4.08. The van der Waals surface area contributed by atoms with Crippen LogP contribution in [0.3, 0.4) is 0 Å². The van der Waals surface area contributed by atoms with Crippen molar-refractivity contribution in [1.29, 1.82) is 0 Å². The Bertz CT molecular complexity index is 1220. The fourth-order valence-electron chi connectivity index (χ4n) is 3.33. The highest BCUT2D eigenvalue weighted by Crippen LogP contribution is 2.29. The number of ether oxygens (including phenoxy) is 1. The van der Waals surface area contributed by atoms with Crippen LogP contribution in [0.15, 0.2) is 58.4 Å². The van der Waals surface area contributed by atoms with Crippen molar-refractivity contribution < 1.29 is 9.84 Å². The van der Waals surface area contributed by atoms with Gasteiger partial charge in [-0.05, 0) is 36.6 Å². The number of pyridine rings is 2. The van der Waals surface area contributed by atoms with Crippen LogP contribution in [0.4, 0.5) is 0 Å². The lowest BCUT2D eigenvalue weighted by Gasteiger charge is -2.14. The summed E-state index contributed by atoms with van der Waals surface area (Å²) in [6.07, 6.45) is 2.29. The van der Waals surface area contributed by atoms with Gasteiger partial charge in [0.05, 0.1) is 23.6 Å². The van der Waals surface area contributed by atoms with E-state index in [1.165, 1.54) is 10.8 Å². The van der Waals surface area contributed by atoms with Crippen molar-refractivity contribution in [3.05, 3.63) is 80.9 Å². The van der Waals surface area contributed by atoms with Crippen LogP contribution in [0.25, 0.3) is 11.4 Å². The number of nitrogens with one attached hydrogen (secondary N) is 1. The van der Waals surface area contributed by atoms with Crippen molar-refractivity contribution in [3.63, 3.8) is 0 Å². The molecule has 0 aromatic carbocycles. The van der Waals surface area contributed by atoms with E-state index in [9.17, 15) is 14.7 Å². The van der Waals surface area contributed by atoms with Crippen LogP contribution in [0, 0.1) is 11.8 Å². The Hall–Kier alpha value is -3.54. The monoisotopic (exact) mass is 404 g/mol. The first-order valence-electron chi connectivity index (χ1n) is 9.64. The second-order valence-corrected chi connectivity index (χ2v) is 6.92. The van der Waals surface area contributed by atoms with E-state index in [0.29, 0.717) is 17.8 Å². The highest BCUT2D eigenvalue weighted by Gasteiger charge is 2.34. The van der Waals surface area contributed by atoms with Gasteiger partial charge in [0.2, 0.25) is 0 Å². The first-order valence-corrected chi connectivity index (χ1v) is 9.64. The molecule has 0 saturated carbocycles. The Morgan fingerprint density at radius 3 is 2.77 bits per heavy atom. The molecule has 0 aliphatic carbocycles. The molecule has 1 unspecified atom stereocenters. The van der Waals surface area contributed by atoms with Crippen LogP contribution in [0.2, 0.25) is 0 Å². The Labute approximate surface area is 172 Å². The van der Waals surface area contributed by atoms with Crippen LogP contribution >= 0.6 is 0 Å². The average Bonchev–Trinajstić information content (AvgIpc) is 3.14. The lowest BCUT2D eigenvalue weighted by atomic mass is 10.1. The number of aromatic nitrogens is 4. The molecule has 1 aliphatic heterocycles. The minimum atomic E-state index is -0.660. The molecular weight excluding hydrogens is 384 g/mol. The van der Waals surface area contributed by atoms with Crippen molar-refractivity contribution in [1.82, 2.24) is 19.5 Å². The van der Waals surface area contributed by atoms with Gasteiger partial charge in [0.25, 0.3) is 5.56 Å². The van der Waals surface area contributed by atoms with E-state index in [2.05, 4.69) is 26.8 Å². The number of hydrogen-bond acceptors (Lipinski definition) is 6. The molecule has 2 N–H and O–H groups in total. The normalized spacial score (nSPS) is 20.5. The number of aromatic amines is 1. The fourth-order valence-corrected chi connectivity index (χ4v) is 3.33. The molecule has 4 rings (SSSR count). The summed E-state index contributed by atoms with van der Waals surface area (Å²) in [6, 6.07) is 10.9. The lowest BCUT2D eigenvalue weighted by Crippen LogP contribution is -2.33. The van der Waals surface area contributed by atoms with Gasteiger partial charge >= 0.3 is 5.69 Å². The summed E-state index contributed by atoms with van der Waals surface area (Å²) in [5, 5.41) is 10.1. The topological polar surface area (TPSA) is 110 Å². The molecule has 8 heteroatoms. The number of H-pyrrole nitrogens is 1. The van der Waals surface area contributed by atoms with Gasteiger partial charge in [-0.1, -0.05) is 25.0 Å². The molecular formula is C22H20N4O4. The minimum Gasteiger partial charge on any atom is -0.390 e. The highest BCUT2D eigenvalue weighted by molar-refractivity contribution is 5.55. The largest absolute Gasteiger partial charge is 0.390 e. The quantitative estimate of drug-likeness (QED) is 0.640. The first kappa shape index (κ1) is 19.8. The van der Waals surface area contributed by atoms with E-state index in [1.54, 1.807) is 12.3 Å². The predicted octanol–water partition coefficient (Wildman–Crippen LogP) is 1.45. The zero-order chi connectivity index (χ0) is 21.1. The summed E-state index contributed by atoms with van der Waals surface area (Å²) in [5.74, 6) is 5.64. The maximum Gasteiger partial charge on any atom is 0.330 e. The highest BCUT2D eigenvalue weighted by atomic mass is 16.5. The van der Waals surface area contributed by atoms with Crippen molar-refractivity contribution in [2.45, 2.75) is 38.2 Å². The second kappa shape index (κ2) is 8.45. The van der Waals surface area contributed by atoms with E-state index in [-0.39, 0.29) is 18.1 Å². The molecule has 1 aliphatic rings. The van der Waals surface area contributed by atoms with Crippen LogP contribution in [0.1, 0.15) is 37.3 Å². The number of nitrogens with zero attached hydrogens (tertiary/aromatic N) is 3. The molecule has 3 aromatic rings. The molecule has 0 radical (unpaired) electrons. The average molecular weight is 404 g/mol. The molecule has 1 fully saturated rings. The standard InChI is InChI=1S/C22H20N4O4/c1-2-19-18(27)12-20(30-19)26-13-14(21(28)25-22(26)29)9-10-15-6-5-8-17(24-15)16-7-3-4-11-23-16/h3-8,11,13,18-20,27H,2,12H2,1H3,(H,25,28,29)/t18?,19-,20-/m1/s1. The lowest BCUT2D eigenvalue weighted by molar-refractivity contribution is -0.0218. The predicted molar refractivity (Wildman–Crippen MR) is 110 cm³/mol. The third-order valence-corrected chi connectivity index (χ3v) is 4.89. The zero-order valence-electron chi connectivity index (χ0n) is 16.3. The number of rotatable bonds is 3. The number of aliphatic hydroxyl groups is 1. The summed E-state index contributed by atoms with van der Waals surface area (Å²) in [7, 11) is 0. The van der Waals surface area contributed by atoms with Gasteiger partial charge in [-0.25, -0.2) is 9.78 Å². The maximum atomic E-state index is 12.2. The summed E-state index contributed by atoms with van der Waals surface area (Å²) in [6.45, 7) is 1.90. The van der Waals surface area contributed by atoms with Crippen LogP contribution in [0.5, 0.6) is 0 Å². The number of aliphatic hydroxyl groups excluding tert-OH is 1.